The van der Waals surface area contributed by atoms with Gasteiger partial charge in [-0.2, -0.15) is 0 Å². The highest BCUT2D eigenvalue weighted by Crippen LogP contribution is 2.26. The van der Waals surface area contributed by atoms with Gasteiger partial charge in [-0.3, -0.25) is 0 Å². The lowest BCUT2D eigenvalue weighted by Crippen LogP contribution is -1.99. The summed E-state index contributed by atoms with van der Waals surface area (Å²) in [6.45, 7) is 4.28. The zero-order valence-corrected chi connectivity index (χ0v) is 10.1. The van der Waals surface area contributed by atoms with Crippen molar-refractivity contribution >= 4 is 23.5 Å². The van der Waals surface area contributed by atoms with Crippen LogP contribution < -0.4 is 0 Å². The molecule has 0 aliphatic rings. The summed E-state index contributed by atoms with van der Waals surface area (Å²) in [5.41, 5.74) is 2.63. The van der Waals surface area contributed by atoms with Gasteiger partial charge in [0.2, 0.25) is 0 Å². The maximum absolute atomic E-state index is 4.19. The molecule has 0 aromatic carbocycles. The number of hydrogen-bond acceptors (Lipinski definition) is 4. The molecule has 1 rings (SSSR count). The minimum atomic E-state index is 1.03. The van der Waals surface area contributed by atoms with E-state index < -0.39 is 0 Å². The van der Waals surface area contributed by atoms with E-state index in [0.29, 0.717) is 0 Å². The quantitative estimate of drug-likeness (QED) is 0.723. The van der Waals surface area contributed by atoms with Crippen molar-refractivity contribution in [2.45, 2.75) is 30.3 Å². The molecule has 1 heterocycles. The molecule has 0 amide bonds. The smallest absolute Gasteiger partial charge is 0.122 e. The van der Waals surface area contributed by atoms with Crippen LogP contribution >= 0.6 is 23.5 Å². The summed E-state index contributed by atoms with van der Waals surface area (Å²) in [7, 11) is 0. The highest BCUT2D eigenvalue weighted by atomic mass is 32.2. The molecule has 0 saturated heterocycles. The summed E-state index contributed by atoms with van der Waals surface area (Å²) >= 11 is 3.33. The number of thioether (sulfide) groups is 2. The van der Waals surface area contributed by atoms with Crippen LogP contribution in [0.15, 0.2) is 10.1 Å². The average molecular weight is 214 g/mol. The van der Waals surface area contributed by atoms with Gasteiger partial charge in [0.05, 0.1) is 0 Å². The highest BCUT2D eigenvalue weighted by molar-refractivity contribution is 7.99. The molecule has 13 heavy (non-hydrogen) atoms. The van der Waals surface area contributed by atoms with Gasteiger partial charge in [0.1, 0.15) is 10.1 Å². The first-order valence-electron chi connectivity index (χ1n) is 4.18. The predicted molar refractivity (Wildman–Crippen MR) is 59.7 cm³/mol. The van der Waals surface area contributed by atoms with Crippen molar-refractivity contribution in [3.63, 3.8) is 0 Å². The first kappa shape index (κ1) is 10.9. The van der Waals surface area contributed by atoms with E-state index in [9.17, 15) is 0 Å². The molecule has 0 aliphatic carbocycles. The fourth-order valence-corrected chi connectivity index (χ4v) is 2.51. The second-order valence-electron chi connectivity index (χ2n) is 2.68. The maximum atomic E-state index is 4.19. The van der Waals surface area contributed by atoms with Gasteiger partial charge < -0.3 is 0 Å². The van der Waals surface area contributed by atoms with Crippen molar-refractivity contribution < 1.29 is 0 Å². The normalized spacial score (nSPS) is 10.5. The van der Waals surface area contributed by atoms with Crippen LogP contribution in [0.1, 0.15) is 18.1 Å². The van der Waals surface area contributed by atoms with Crippen molar-refractivity contribution in [3.8, 4) is 0 Å². The third-order valence-corrected chi connectivity index (χ3v) is 3.49. The van der Waals surface area contributed by atoms with Gasteiger partial charge in [0.15, 0.2) is 0 Å². The Hall–Kier alpha value is -0.220. The Morgan fingerprint density at radius 1 is 1.08 bits per heavy atom. The van der Waals surface area contributed by atoms with E-state index in [1.165, 1.54) is 11.1 Å². The lowest BCUT2D eigenvalue weighted by Gasteiger charge is -2.09. The van der Waals surface area contributed by atoms with E-state index in [1.807, 2.05) is 12.5 Å². The standard InChI is InChI=1S/C9H14N2S2/c1-5-7-6(2)8(12-3)10-11-9(7)13-4/h5H2,1-4H3. The van der Waals surface area contributed by atoms with Crippen LogP contribution in [-0.4, -0.2) is 22.7 Å². The number of rotatable bonds is 3. The molecule has 1 aromatic rings. The summed E-state index contributed by atoms with van der Waals surface area (Å²) in [4.78, 5) is 0. The predicted octanol–water partition coefficient (Wildman–Crippen LogP) is 2.79. The average Bonchev–Trinajstić information content (AvgIpc) is 2.17. The molecule has 0 bridgehead atoms. The van der Waals surface area contributed by atoms with Crippen molar-refractivity contribution in [2.24, 2.45) is 0 Å². The lowest BCUT2D eigenvalue weighted by molar-refractivity contribution is 0.797. The van der Waals surface area contributed by atoms with E-state index >= 15 is 0 Å². The van der Waals surface area contributed by atoms with Crippen LogP contribution in [0, 0.1) is 6.92 Å². The molecule has 0 saturated carbocycles. The Bertz CT molecular complexity index is 300. The summed E-state index contributed by atoms with van der Waals surface area (Å²) < 4.78 is 0. The molecule has 72 valence electrons. The molecular weight excluding hydrogens is 200 g/mol. The zero-order valence-electron chi connectivity index (χ0n) is 8.42. The SMILES string of the molecule is CCc1c(SC)nnc(SC)c1C. The summed E-state index contributed by atoms with van der Waals surface area (Å²) in [6.07, 6.45) is 5.11. The first-order valence-corrected chi connectivity index (χ1v) is 6.63. The molecule has 1 aromatic heterocycles. The third kappa shape index (κ3) is 2.17. The molecule has 0 N–H and O–H groups in total. The second kappa shape index (κ2) is 4.86. The van der Waals surface area contributed by atoms with E-state index in [4.69, 9.17) is 0 Å². The Morgan fingerprint density at radius 2 is 1.62 bits per heavy atom. The molecule has 0 aliphatic heterocycles. The molecule has 2 nitrogen and oxygen atoms in total. The molecule has 0 fully saturated rings. The Balaban J connectivity index is 3.23. The number of nitrogens with zero attached hydrogens (tertiary/aromatic N) is 2. The Labute approximate surface area is 87.9 Å². The van der Waals surface area contributed by atoms with E-state index in [1.54, 1.807) is 23.5 Å². The van der Waals surface area contributed by atoms with Gasteiger partial charge >= 0.3 is 0 Å². The fourth-order valence-electron chi connectivity index (χ4n) is 1.29. The van der Waals surface area contributed by atoms with Crippen LogP contribution in [-0.2, 0) is 6.42 Å². The molecule has 0 radical (unpaired) electrons. The van der Waals surface area contributed by atoms with Crippen LogP contribution in [0.25, 0.3) is 0 Å². The van der Waals surface area contributed by atoms with Crippen LogP contribution in [0.5, 0.6) is 0 Å². The van der Waals surface area contributed by atoms with E-state index in [2.05, 4.69) is 24.0 Å². The highest BCUT2D eigenvalue weighted by Gasteiger charge is 2.09. The van der Waals surface area contributed by atoms with Gasteiger partial charge in [-0.15, -0.1) is 33.7 Å². The summed E-state index contributed by atoms with van der Waals surface area (Å²) in [5.74, 6) is 0. The topological polar surface area (TPSA) is 25.8 Å². The van der Waals surface area contributed by atoms with Gasteiger partial charge in [0, 0.05) is 0 Å². The van der Waals surface area contributed by atoms with Gasteiger partial charge in [-0.25, -0.2) is 0 Å². The minimum Gasteiger partial charge on any atom is -0.143 e. The van der Waals surface area contributed by atoms with Crippen molar-refractivity contribution in [1.29, 1.82) is 0 Å². The Kier molecular flexibility index (Phi) is 4.06. The zero-order chi connectivity index (χ0) is 9.84. The first-order chi connectivity index (χ1) is 6.24. The minimum absolute atomic E-state index is 1.03. The van der Waals surface area contributed by atoms with Crippen molar-refractivity contribution in [3.05, 3.63) is 11.1 Å². The van der Waals surface area contributed by atoms with E-state index in [-0.39, 0.29) is 0 Å². The van der Waals surface area contributed by atoms with Gasteiger partial charge in [-0.1, -0.05) is 6.92 Å². The monoisotopic (exact) mass is 214 g/mol. The number of aromatic nitrogens is 2. The Morgan fingerprint density at radius 3 is 2.08 bits per heavy atom. The second-order valence-corrected chi connectivity index (χ2v) is 4.27. The van der Waals surface area contributed by atoms with Gasteiger partial charge in [0.25, 0.3) is 0 Å². The molecule has 4 heteroatoms. The van der Waals surface area contributed by atoms with Crippen LogP contribution in [0.3, 0.4) is 0 Å². The van der Waals surface area contributed by atoms with Crippen molar-refractivity contribution in [2.75, 3.05) is 12.5 Å². The molecular formula is C9H14N2S2. The molecule has 0 unspecified atom stereocenters. The lowest BCUT2D eigenvalue weighted by atomic mass is 10.1. The fraction of sp³-hybridized carbons (Fsp3) is 0.556. The van der Waals surface area contributed by atoms with Crippen molar-refractivity contribution in [1.82, 2.24) is 10.2 Å². The largest absolute Gasteiger partial charge is 0.143 e. The van der Waals surface area contributed by atoms with E-state index in [0.717, 1.165) is 16.5 Å². The van der Waals surface area contributed by atoms with Crippen LogP contribution in [0.2, 0.25) is 0 Å². The molecule has 0 spiro atoms. The summed E-state index contributed by atoms with van der Waals surface area (Å²) in [5, 5.41) is 10.5. The molecule has 0 atom stereocenters. The summed E-state index contributed by atoms with van der Waals surface area (Å²) in [6, 6.07) is 0. The number of hydrogen-bond donors (Lipinski definition) is 0. The third-order valence-electron chi connectivity index (χ3n) is 2.00. The van der Waals surface area contributed by atoms with Gasteiger partial charge in [-0.05, 0) is 37.0 Å². The van der Waals surface area contributed by atoms with Crippen LogP contribution in [0.4, 0.5) is 0 Å². The maximum Gasteiger partial charge on any atom is 0.122 e.